The van der Waals surface area contributed by atoms with Crippen LogP contribution in [0.3, 0.4) is 0 Å². The van der Waals surface area contributed by atoms with Crippen LogP contribution in [0.25, 0.3) is 11.3 Å². The molecule has 0 spiro atoms. The average molecular weight is 563 g/mol. The van der Waals surface area contributed by atoms with Gasteiger partial charge < -0.3 is 9.47 Å². The van der Waals surface area contributed by atoms with Crippen LogP contribution in [-0.2, 0) is 4.79 Å². The summed E-state index contributed by atoms with van der Waals surface area (Å²) in [6, 6.07) is 21.1. The lowest BCUT2D eigenvalue weighted by molar-refractivity contribution is -0.118. The molecule has 1 aliphatic rings. The largest absolute Gasteiger partial charge is 0.447 e. The Kier molecular flexibility index (Phi) is 6.71. The molecule has 0 radical (unpaired) electrons. The van der Waals surface area contributed by atoms with Gasteiger partial charge in [0.1, 0.15) is 5.75 Å². The molecule has 0 fully saturated rings. The van der Waals surface area contributed by atoms with Crippen LogP contribution in [0.4, 0.5) is 5.69 Å². The first-order valence-electron chi connectivity index (χ1n) is 10.9. The second-order valence-electron chi connectivity index (χ2n) is 7.79. The van der Waals surface area contributed by atoms with Crippen molar-refractivity contribution in [3.8, 4) is 22.9 Å². The van der Waals surface area contributed by atoms with Gasteiger partial charge in [-0.15, -0.1) is 10.2 Å². The van der Waals surface area contributed by atoms with Crippen LogP contribution in [0.5, 0.6) is 11.6 Å². The summed E-state index contributed by atoms with van der Waals surface area (Å²) in [7, 11) is 0. The van der Waals surface area contributed by atoms with Gasteiger partial charge in [-0.05, 0) is 60.9 Å². The zero-order valence-electron chi connectivity index (χ0n) is 19.2. The van der Waals surface area contributed by atoms with Crippen molar-refractivity contribution in [2.75, 3.05) is 11.2 Å². The number of esters is 1. The maximum absolute atomic E-state index is 12.9. The first kappa shape index (κ1) is 24.0. The molecule has 0 bridgehead atoms. The molecule has 0 saturated heterocycles. The quantitative estimate of drug-likeness (QED) is 0.178. The summed E-state index contributed by atoms with van der Waals surface area (Å²) in [5, 5.41) is 8.95. The Morgan fingerprint density at radius 3 is 2.42 bits per heavy atom. The third-order valence-corrected chi connectivity index (χ3v) is 6.56. The smallest absolute Gasteiger partial charge is 0.343 e. The molecule has 1 aliphatic heterocycles. The van der Waals surface area contributed by atoms with E-state index >= 15 is 0 Å². The Balaban J connectivity index is 1.50. The number of rotatable bonds is 4. The molecule has 180 valence electrons. The molecule has 1 atom stereocenters. The van der Waals surface area contributed by atoms with E-state index in [0.29, 0.717) is 39.0 Å². The Hall–Kier alpha value is -3.76. The van der Waals surface area contributed by atoms with Crippen molar-refractivity contribution < 1.29 is 19.1 Å². The van der Waals surface area contributed by atoms with Gasteiger partial charge in [-0.2, -0.15) is 4.98 Å². The van der Waals surface area contributed by atoms with E-state index in [9.17, 15) is 9.59 Å². The lowest BCUT2D eigenvalue weighted by Crippen LogP contribution is -2.36. The van der Waals surface area contributed by atoms with E-state index in [0.717, 1.165) is 4.47 Å². The van der Waals surface area contributed by atoms with Crippen molar-refractivity contribution in [2.45, 2.75) is 18.3 Å². The average Bonchev–Trinajstić information content (AvgIpc) is 3.03. The number of hydrogen-bond acceptors (Lipinski definition) is 8. The van der Waals surface area contributed by atoms with Crippen molar-refractivity contribution in [3.63, 3.8) is 0 Å². The maximum atomic E-state index is 12.9. The zero-order valence-corrected chi connectivity index (χ0v) is 21.6. The summed E-state index contributed by atoms with van der Waals surface area (Å²) >= 11 is 4.70. The first-order valence-corrected chi connectivity index (χ1v) is 12.9. The molecular formula is C26H19BrN4O4S. The van der Waals surface area contributed by atoms with Crippen molar-refractivity contribution in [2.24, 2.45) is 0 Å². The number of benzene rings is 3. The minimum absolute atomic E-state index is 0.218. The van der Waals surface area contributed by atoms with Gasteiger partial charge in [0.2, 0.25) is 23.2 Å². The normalized spacial score (nSPS) is 14.2. The lowest BCUT2D eigenvalue weighted by Gasteiger charge is -2.29. The highest BCUT2D eigenvalue weighted by atomic mass is 79.9. The van der Waals surface area contributed by atoms with Gasteiger partial charge in [-0.25, -0.2) is 4.79 Å². The zero-order chi connectivity index (χ0) is 25.2. The molecule has 8 nitrogen and oxygen atoms in total. The van der Waals surface area contributed by atoms with Crippen LogP contribution in [0, 0.1) is 0 Å². The molecule has 0 N–H and O–H groups in total. The molecule has 0 aliphatic carbocycles. The van der Waals surface area contributed by atoms with Crippen molar-refractivity contribution >= 4 is 45.3 Å². The molecule has 4 aromatic rings. The van der Waals surface area contributed by atoms with Gasteiger partial charge in [0.25, 0.3) is 0 Å². The van der Waals surface area contributed by atoms with Gasteiger partial charge in [-0.1, -0.05) is 45.9 Å². The molecule has 36 heavy (non-hydrogen) atoms. The minimum atomic E-state index is -0.826. The van der Waals surface area contributed by atoms with E-state index in [4.69, 9.17) is 9.47 Å². The predicted molar refractivity (Wildman–Crippen MR) is 139 cm³/mol. The molecule has 0 saturated carbocycles. The Bertz CT molecular complexity index is 1450. The number of ether oxygens (including phenoxy) is 2. The van der Waals surface area contributed by atoms with E-state index in [1.165, 1.54) is 18.7 Å². The van der Waals surface area contributed by atoms with Crippen LogP contribution in [0.2, 0.25) is 0 Å². The van der Waals surface area contributed by atoms with Gasteiger partial charge in [0, 0.05) is 22.5 Å². The fourth-order valence-corrected chi connectivity index (χ4v) is 4.37. The summed E-state index contributed by atoms with van der Waals surface area (Å²) in [6.07, 6.45) is 1.02. The summed E-state index contributed by atoms with van der Waals surface area (Å²) in [5.41, 5.74) is 2.88. The Morgan fingerprint density at radius 2 is 1.72 bits per heavy atom. The van der Waals surface area contributed by atoms with E-state index in [2.05, 4.69) is 31.1 Å². The van der Waals surface area contributed by atoms with Crippen LogP contribution in [0.1, 0.15) is 29.1 Å². The number of nitrogens with zero attached hydrogens (tertiary/aromatic N) is 4. The van der Waals surface area contributed by atoms with Gasteiger partial charge in [0.05, 0.1) is 11.3 Å². The third-order valence-electron chi connectivity index (χ3n) is 5.49. The third kappa shape index (κ3) is 4.69. The summed E-state index contributed by atoms with van der Waals surface area (Å²) in [6.45, 7) is 1.48. The van der Waals surface area contributed by atoms with E-state index in [-0.39, 0.29) is 11.8 Å². The van der Waals surface area contributed by atoms with Crippen LogP contribution < -0.4 is 14.4 Å². The fourth-order valence-electron chi connectivity index (χ4n) is 3.81. The van der Waals surface area contributed by atoms with Gasteiger partial charge in [0.15, 0.2) is 5.69 Å². The molecule has 1 unspecified atom stereocenters. The van der Waals surface area contributed by atoms with E-state index in [1.807, 2.05) is 30.5 Å². The molecule has 3 aromatic carbocycles. The molecule has 10 heteroatoms. The molecule has 5 rings (SSSR count). The second kappa shape index (κ2) is 10.1. The first-order chi connectivity index (χ1) is 17.4. The van der Waals surface area contributed by atoms with E-state index in [1.54, 1.807) is 53.4 Å². The molecular weight excluding hydrogens is 544 g/mol. The number of hydrogen-bond donors (Lipinski definition) is 0. The lowest BCUT2D eigenvalue weighted by atomic mass is 10.1. The number of thioether (sulfide) groups is 1. The van der Waals surface area contributed by atoms with Crippen molar-refractivity contribution in [1.82, 2.24) is 15.2 Å². The molecule has 1 amide bonds. The number of carbonyl (C=O) groups excluding carboxylic acids is 2. The Morgan fingerprint density at radius 1 is 1.00 bits per heavy atom. The van der Waals surface area contributed by atoms with E-state index < -0.39 is 12.2 Å². The number of halogens is 1. The Labute approximate surface area is 219 Å². The van der Waals surface area contributed by atoms with Crippen LogP contribution in [-0.4, -0.2) is 33.3 Å². The highest BCUT2D eigenvalue weighted by Crippen LogP contribution is 2.43. The van der Waals surface area contributed by atoms with Crippen LogP contribution in [0.15, 0.2) is 82.4 Å². The second-order valence-corrected chi connectivity index (χ2v) is 9.48. The topological polar surface area (TPSA) is 94.5 Å². The summed E-state index contributed by atoms with van der Waals surface area (Å²) in [5.74, 6) is -0.0454. The number of carbonyl (C=O) groups is 2. The van der Waals surface area contributed by atoms with Crippen molar-refractivity contribution in [3.05, 3.63) is 88.4 Å². The standard InChI is InChI=1S/C26H19BrN4O4S/c1-15(32)31-21-6-4-3-5-20(21)22-23(28-26(36-2)30-29-22)35-24(31)16-9-13-19(14-10-16)34-25(33)17-7-11-18(27)12-8-17/h3-14,24H,1-2H3. The summed E-state index contributed by atoms with van der Waals surface area (Å²) in [4.78, 5) is 31.4. The van der Waals surface area contributed by atoms with Gasteiger partial charge in [-0.3, -0.25) is 9.69 Å². The molecule has 1 aromatic heterocycles. The monoisotopic (exact) mass is 562 g/mol. The minimum Gasteiger partial charge on any atom is -0.447 e. The summed E-state index contributed by atoms with van der Waals surface area (Å²) < 4.78 is 12.7. The van der Waals surface area contributed by atoms with Gasteiger partial charge >= 0.3 is 5.97 Å². The fraction of sp³-hybridized carbons (Fsp3) is 0.115. The number of amides is 1. The SMILES string of the molecule is CSc1nnc2c(n1)OC(c1ccc(OC(=O)c3ccc(Br)cc3)cc1)N(C(C)=O)c1ccccc1-2. The van der Waals surface area contributed by atoms with Crippen molar-refractivity contribution in [1.29, 1.82) is 0 Å². The maximum Gasteiger partial charge on any atom is 0.343 e. The highest BCUT2D eigenvalue weighted by Gasteiger charge is 2.34. The number of fused-ring (bicyclic) bond motifs is 3. The highest BCUT2D eigenvalue weighted by molar-refractivity contribution is 9.10. The van der Waals surface area contributed by atoms with Crippen LogP contribution >= 0.6 is 27.7 Å². The molecule has 2 heterocycles. The number of para-hydroxylation sites is 1. The number of anilines is 1. The predicted octanol–water partition coefficient (Wildman–Crippen LogP) is 5.69. The number of aromatic nitrogens is 3.